The number of amides is 4. The SMILES string of the molecule is CCc1c(NC(=O)C(N=Nc2cc(C(=O)Nc3cc(Cl)cc(Cl)c3)ccc2Cl)C(C)=O)ccc(NC(=O)C(N=Nc2cc(C(=O)Nc3cc(Cl)cc(Cl)c3)ccc2Cl)C(C)=O)c1CC. The van der Waals surface area contributed by atoms with Crippen LogP contribution in [0.5, 0.6) is 0 Å². The molecule has 0 fully saturated rings. The van der Waals surface area contributed by atoms with Crippen LogP contribution in [-0.4, -0.2) is 47.3 Å². The van der Waals surface area contributed by atoms with Crippen molar-refractivity contribution in [2.75, 3.05) is 21.3 Å². The smallest absolute Gasteiger partial charge is 0.258 e. The summed E-state index contributed by atoms with van der Waals surface area (Å²) in [5.41, 5.74) is 2.93. The molecule has 0 aliphatic heterocycles. The first-order valence-electron chi connectivity index (χ1n) is 19.1. The molecule has 64 heavy (non-hydrogen) atoms. The number of anilines is 4. The fourth-order valence-electron chi connectivity index (χ4n) is 6.13. The lowest BCUT2D eigenvalue weighted by Gasteiger charge is -2.20. The van der Waals surface area contributed by atoms with E-state index in [0.717, 1.165) is 0 Å². The van der Waals surface area contributed by atoms with E-state index >= 15 is 0 Å². The second-order valence-electron chi connectivity index (χ2n) is 13.8. The topological polar surface area (TPSA) is 200 Å². The van der Waals surface area contributed by atoms with Crippen LogP contribution in [0.3, 0.4) is 0 Å². The third kappa shape index (κ3) is 12.9. The number of carbonyl (C=O) groups is 6. The van der Waals surface area contributed by atoms with Gasteiger partial charge in [0.2, 0.25) is 12.1 Å². The van der Waals surface area contributed by atoms with Gasteiger partial charge in [-0.3, -0.25) is 28.8 Å². The number of benzene rings is 5. The Morgan fingerprint density at radius 1 is 0.484 bits per heavy atom. The van der Waals surface area contributed by atoms with Crippen LogP contribution >= 0.6 is 69.6 Å². The van der Waals surface area contributed by atoms with Crippen LogP contribution < -0.4 is 21.3 Å². The number of hydrogen-bond donors (Lipinski definition) is 4. The maximum absolute atomic E-state index is 13.6. The highest BCUT2D eigenvalue weighted by molar-refractivity contribution is 6.36. The Kier molecular flexibility index (Phi) is 17.1. The predicted octanol–water partition coefficient (Wildman–Crippen LogP) is 12.6. The number of azo groups is 2. The Balaban J connectivity index is 1.31. The largest absolute Gasteiger partial charge is 0.323 e. The Morgan fingerprint density at radius 3 is 1.14 bits per heavy atom. The van der Waals surface area contributed by atoms with Gasteiger partial charge in [-0.1, -0.05) is 83.5 Å². The molecule has 4 N–H and O–H groups in total. The highest BCUT2D eigenvalue weighted by Crippen LogP contribution is 2.32. The van der Waals surface area contributed by atoms with Crippen molar-refractivity contribution < 1.29 is 28.8 Å². The van der Waals surface area contributed by atoms with Gasteiger partial charge in [-0.15, -0.1) is 0 Å². The van der Waals surface area contributed by atoms with E-state index < -0.39 is 47.3 Å². The van der Waals surface area contributed by atoms with Crippen LogP contribution in [0.15, 0.2) is 105 Å². The van der Waals surface area contributed by atoms with E-state index in [0.29, 0.717) is 66.8 Å². The van der Waals surface area contributed by atoms with Gasteiger partial charge >= 0.3 is 0 Å². The number of carbonyl (C=O) groups excluding carboxylic acids is 6. The molecule has 14 nitrogen and oxygen atoms in total. The van der Waals surface area contributed by atoms with Crippen molar-refractivity contribution in [3.05, 3.63) is 137 Å². The molecular weight excluding hydrogens is 949 g/mol. The van der Waals surface area contributed by atoms with Crippen molar-refractivity contribution in [1.82, 2.24) is 0 Å². The van der Waals surface area contributed by atoms with Gasteiger partial charge in [0.1, 0.15) is 11.4 Å². The number of halogens is 6. The lowest BCUT2D eigenvalue weighted by molar-refractivity contribution is -0.127. The molecule has 330 valence electrons. The predicted molar refractivity (Wildman–Crippen MR) is 252 cm³/mol. The molecule has 5 aromatic carbocycles. The molecule has 4 amide bonds. The van der Waals surface area contributed by atoms with Crippen molar-refractivity contribution in [3.8, 4) is 0 Å². The van der Waals surface area contributed by atoms with Crippen LogP contribution in [0, 0.1) is 0 Å². The monoisotopic (exact) mass is 982 g/mol. The maximum atomic E-state index is 13.6. The number of nitrogens with zero attached hydrogens (tertiary/aromatic N) is 4. The molecule has 0 aliphatic rings. The summed E-state index contributed by atoms with van der Waals surface area (Å²) < 4.78 is 0. The van der Waals surface area contributed by atoms with Crippen LogP contribution in [0.1, 0.15) is 59.5 Å². The molecule has 2 atom stereocenters. The van der Waals surface area contributed by atoms with E-state index in [1.807, 2.05) is 13.8 Å². The van der Waals surface area contributed by atoms with Gasteiger partial charge in [0.05, 0.1) is 10.0 Å². The third-order valence-corrected chi connectivity index (χ3v) is 10.7. The molecule has 0 bridgehead atoms. The molecule has 20 heteroatoms. The van der Waals surface area contributed by atoms with E-state index in [-0.39, 0.29) is 32.5 Å². The quantitative estimate of drug-likeness (QED) is 0.0560. The van der Waals surface area contributed by atoms with Crippen molar-refractivity contribution in [1.29, 1.82) is 0 Å². The third-order valence-electron chi connectivity index (χ3n) is 9.14. The van der Waals surface area contributed by atoms with Crippen LogP contribution in [0.2, 0.25) is 30.1 Å². The van der Waals surface area contributed by atoms with Gasteiger partial charge in [-0.2, -0.15) is 20.5 Å². The van der Waals surface area contributed by atoms with Gasteiger partial charge in [0.15, 0.2) is 11.6 Å². The van der Waals surface area contributed by atoms with Crippen molar-refractivity contribution in [2.24, 2.45) is 20.5 Å². The summed E-state index contributed by atoms with van der Waals surface area (Å²) in [5.74, 6) is -3.96. The van der Waals surface area contributed by atoms with Crippen molar-refractivity contribution in [2.45, 2.75) is 52.6 Å². The summed E-state index contributed by atoms with van der Waals surface area (Å²) in [6.07, 6.45) is 0.756. The fraction of sp³-hybridized carbons (Fsp3) is 0.182. The van der Waals surface area contributed by atoms with E-state index in [1.165, 1.54) is 98.8 Å². The summed E-state index contributed by atoms with van der Waals surface area (Å²) in [7, 11) is 0. The Morgan fingerprint density at radius 2 is 0.828 bits per heavy atom. The molecule has 0 aromatic heterocycles. The second-order valence-corrected chi connectivity index (χ2v) is 16.4. The Bertz CT molecular complexity index is 2520. The molecule has 0 heterocycles. The van der Waals surface area contributed by atoms with Gasteiger partial charge in [-0.05, 0) is 123 Å². The highest BCUT2D eigenvalue weighted by Gasteiger charge is 2.27. The first-order valence-corrected chi connectivity index (χ1v) is 21.4. The number of nitrogens with one attached hydrogen (secondary N) is 4. The zero-order valence-electron chi connectivity index (χ0n) is 34.2. The normalized spacial score (nSPS) is 12.2. The van der Waals surface area contributed by atoms with Gasteiger partial charge in [0.25, 0.3) is 23.6 Å². The van der Waals surface area contributed by atoms with Crippen molar-refractivity contribution in [3.63, 3.8) is 0 Å². The van der Waals surface area contributed by atoms with Gasteiger partial charge < -0.3 is 21.3 Å². The molecular formula is C44H36Cl6N8O6. The molecule has 0 saturated heterocycles. The lowest BCUT2D eigenvalue weighted by Crippen LogP contribution is -2.33. The van der Waals surface area contributed by atoms with Crippen LogP contribution in [-0.2, 0) is 32.0 Å². The second kappa shape index (κ2) is 22.2. The lowest BCUT2D eigenvalue weighted by atomic mass is 9.98. The molecule has 0 saturated carbocycles. The highest BCUT2D eigenvalue weighted by atomic mass is 35.5. The van der Waals surface area contributed by atoms with Gasteiger partial charge in [0, 0.05) is 54.0 Å². The molecule has 5 rings (SSSR count). The van der Waals surface area contributed by atoms with Crippen LogP contribution in [0.4, 0.5) is 34.1 Å². The van der Waals surface area contributed by atoms with Crippen molar-refractivity contribution >= 4 is 139 Å². The zero-order chi connectivity index (χ0) is 46.8. The molecule has 0 radical (unpaired) electrons. The summed E-state index contributed by atoms with van der Waals surface area (Å²) in [5, 5.41) is 28.4. The standard InChI is InChI=1S/C44H36Cl6N8O6/c1-5-31-32(6-2)36(54-44(64)40(22(4)60)58-56-38-14-24(8-10-34(38)50)42(62)52-30-19-27(47)16-28(48)20-30)12-11-35(31)53-43(63)39(21(3)59)57-55-37-13-23(7-9-33(37)49)41(61)51-29-17-25(45)15-26(46)18-29/h7-20,39-40H,5-6H2,1-4H3,(H,51,61)(H,52,62)(H,53,63)(H,54,64). The molecule has 0 spiro atoms. The number of rotatable bonds is 16. The first-order chi connectivity index (χ1) is 30.4. The zero-order valence-corrected chi connectivity index (χ0v) is 38.7. The first kappa shape index (κ1) is 49.3. The number of ketones is 2. The summed E-state index contributed by atoms with van der Waals surface area (Å²) >= 11 is 36.9. The van der Waals surface area contributed by atoms with Crippen LogP contribution in [0.25, 0.3) is 0 Å². The molecule has 5 aromatic rings. The average molecular weight is 986 g/mol. The number of hydrogen-bond acceptors (Lipinski definition) is 10. The van der Waals surface area contributed by atoms with Gasteiger partial charge in [-0.25, -0.2) is 0 Å². The maximum Gasteiger partial charge on any atom is 0.258 e. The fourth-order valence-corrected chi connectivity index (χ4v) is 7.50. The average Bonchev–Trinajstić information content (AvgIpc) is 3.21. The van der Waals surface area contributed by atoms with E-state index in [1.54, 1.807) is 0 Å². The minimum absolute atomic E-state index is 0.0172. The van der Waals surface area contributed by atoms with E-state index in [4.69, 9.17) is 69.6 Å². The van der Waals surface area contributed by atoms with E-state index in [2.05, 4.69) is 41.7 Å². The summed E-state index contributed by atoms with van der Waals surface area (Å²) in [6, 6.07) is 17.3. The molecule has 2 unspecified atom stereocenters. The Hall–Kier alpha value is -5.74. The number of Topliss-reactive ketones (excluding diaryl/α,β-unsaturated/α-hetero) is 2. The summed E-state index contributed by atoms with van der Waals surface area (Å²) in [4.78, 5) is 78.6. The summed E-state index contributed by atoms with van der Waals surface area (Å²) in [6.45, 7) is 6.01. The molecule has 0 aliphatic carbocycles. The Labute approximate surface area is 397 Å². The minimum atomic E-state index is -1.61. The van der Waals surface area contributed by atoms with E-state index in [9.17, 15) is 28.8 Å². The minimum Gasteiger partial charge on any atom is -0.323 e.